The molecule has 128 valence electrons. The molecule has 0 radical (unpaired) electrons. The number of benzene rings is 1. The lowest BCUT2D eigenvalue weighted by Gasteiger charge is -2.10. The highest BCUT2D eigenvalue weighted by Crippen LogP contribution is 2.35. The standard InChI is InChI=1S/C18H23N3O2S/c1-12-8-13-9-16(22-2)14(10-17(13)23-12)11-21-18(19)20-6-5-15-4-3-7-24-15/h3-4,7,9-10,12H,5-6,8,11H2,1-2H3,(H3,19,20,21). The van der Waals surface area contributed by atoms with Gasteiger partial charge in [0, 0.05) is 29.0 Å². The normalized spacial score (nSPS) is 16.6. The first kappa shape index (κ1) is 16.6. The lowest BCUT2D eigenvalue weighted by atomic mass is 10.1. The zero-order valence-corrected chi connectivity index (χ0v) is 14.9. The second-order valence-corrected chi connectivity index (χ2v) is 6.89. The van der Waals surface area contributed by atoms with Gasteiger partial charge < -0.3 is 20.5 Å². The maximum atomic E-state index is 5.96. The predicted octanol–water partition coefficient (Wildman–Crippen LogP) is 2.73. The van der Waals surface area contributed by atoms with Crippen LogP contribution in [0.1, 0.15) is 22.9 Å². The molecule has 0 fully saturated rings. The van der Waals surface area contributed by atoms with Gasteiger partial charge in [-0.15, -0.1) is 11.3 Å². The van der Waals surface area contributed by atoms with E-state index in [1.165, 1.54) is 10.4 Å². The van der Waals surface area contributed by atoms with Crippen molar-refractivity contribution in [3.63, 3.8) is 0 Å². The minimum atomic E-state index is 0.215. The van der Waals surface area contributed by atoms with Crippen molar-refractivity contribution in [2.75, 3.05) is 13.7 Å². The fourth-order valence-electron chi connectivity index (χ4n) is 2.79. The molecule has 0 bridgehead atoms. The molecular formula is C18H23N3O2S. The van der Waals surface area contributed by atoms with Crippen molar-refractivity contribution in [2.24, 2.45) is 10.7 Å². The maximum absolute atomic E-state index is 5.96. The van der Waals surface area contributed by atoms with Crippen LogP contribution in [-0.4, -0.2) is 25.7 Å². The lowest BCUT2D eigenvalue weighted by Crippen LogP contribution is -2.33. The first-order chi connectivity index (χ1) is 11.7. The van der Waals surface area contributed by atoms with Gasteiger partial charge in [0.05, 0.1) is 13.7 Å². The van der Waals surface area contributed by atoms with Crippen LogP contribution in [0.3, 0.4) is 0 Å². The number of methoxy groups -OCH3 is 1. The average Bonchev–Trinajstić information content (AvgIpc) is 3.20. The molecule has 6 heteroatoms. The van der Waals surface area contributed by atoms with Crippen molar-refractivity contribution in [3.05, 3.63) is 45.6 Å². The number of nitrogens with zero attached hydrogens (tertiary/aromatic N) is 1. The molecule has 1 aromatic heterocycles. The summed E-state index contributed by atoms with van der Waals surface area (Å²) in [6.07, 6.45) is 2.08. The van der Waals surface area contributed by atoms with Gasteiger partial charge in [-0.2, -0.15) is 0 Å². The van der Waals surface area contributed by atoms with Gasteiger partial charge in [-0.1, -0.05) is 6.07 Å². The Balaban J connectivity index is 1.59. The smallest absolute Gasteiger partial charge is 0.188 e. The van der Waals surface area contributed by atoms with E-state index in [1.807, 2.05) is 12.1 Å². The molecular weight excluding hydrogens is 322 g/mol. The zero-order chi connectivity index (χ0) is 16.9. The second kappa shape index (κ2) is 7.57. The third-order valence-electron chi connectivity index (χ3n) is 3.98. The second-order valence-electron chi connectivity index (χ2n) is 5.86. The van der Waals surface area contributed by atoms with Crippen LogP contribution >= 0.6 is 11.3 Å². The molecule has 5 nitrogen and oxygen atoms in total. The van der Waals surface area contributed by atoms with Crippen LogP contribution in [0.15, 0.2) is 34.6 Å². The van der Waals surface area contributed by atoms with E-state index < -0.39 is 0 Å². The van der Waals surface area contributed by atoms with Crippen LogP contribution in [-0.2, 0) is 19.4 Å². The minimum Gasteiger partial charge on any atom is -0.496 e. The van der Waals surface area contributed by atoms with E-state index in [1.54, 1.807) is 18.4 Å². The Kier molecular flexibility index (Phi) is 5.25. The Hall–Kier alpha value is -2.21. The van der Waals surface area contributed by atoms with E-state index in [-0.39, 0.29) is 6.10 Å². The summed E-state index contributed by atoms with van der Waals surface area (Å²) in [7, 11) is 1.68. The SMILES string of the molecule is COc1cc2c(cc1CN=C(N)NCCc1cccs1)OC(C)C2. The van der Waals surface area contributed by atoms with Crippen LogP contribution in [0, 0.1) is 0 Å². The Morgan fingerprint density at radius 2 is 2.38 bits per heavy atom. The molecule has 0 aliphatic carbocycles. The summed E-state index contributed by atoms with van der Waals surface area (Å²) in [6.45, 7) is 3.31. The number of fused-ring (bicyclic) bond motifs is 1. The van der Waals surface area contributed by atoms with Gasteiger partial charge >= 0.3 is 0 Å². The molecule has 3 N–H and O–H groups in total. The molecule has 0 saturated heterocycles. The summed E-state index contributed by atoms with van der Waals surface area (Å²) in [4.78, 5) is 5.75. The highest BCUT2D eigenvalue weighted by Gasteiger charge is 2.21. The largest absolute Gasteiger partial charge is 0.496 e. The van der Waals surface area contributed by atoms with Gasteiger partial charge in [0.25, 0.3) is 0 Å². The monoisotopic (exact) mass is 345 g/mol. The highest BCUT2D eigenvalue weighted by molar-refractivity contribution is 7.09. The summed E-state index contributed by atoms with van der Waals surface area (Å²) < 4.78 is 11.3. The van der Waals surface area contributed by atoms with Crippen LogP contribution < -0.4 is 20.5 Å². The summed E-state index contributed by atoms with van der Waals surface area (Å²) in [5, 5.41) is 5.23. The first-order valence-electron chi connectivity index (χ1n) is 8.08. The molecule has 1 atom stereocenters. The zero-order valence-electron chi connectivity index (χ0n) is 14.0. The number of thiophene rings is 1. The number of hydrogen-bond acceptors (Lipinski definition) is 4. The average molecular weight is 345 g/mol. The number of hydrogen-bond donors (Lipinski definition) is 2. The van der Waals surface area contributed by atoms with Crippen LogP contribution in [0.2, 0.25) is 0 Å². The summed E-state index contributed by atoms with van der Waals surface area (Å²) in [6, 6.07) is 8.24. The van der Waals surface area contributed by atoms with Gasteiger partial charge in [-0.25, -0.2) is 4.99 Å². The molecule has 0 saturated carbocycles. The van der Waals surface area contributed by atoms with E-state index >= 15 is 0 Å². The van der Waals surface area contributed by atoms with Crippen molar-refractivity contribution >= 4 is 17.3 Å². The molecule has 0 amide bonds. The van der Waals surface area contributed by atoms with Gasteiger partial charge in [0.2, 0.25) is 0 Å². The molecule has 24 heavy (non-hydrogen) atoms. The van der Waals surface area contributed by atoms with Crippen LogP contribution in [0.4, 0.5) is 0 Å². The lowest BCUT2D eigenvalue weighted by molar-refractivity contribution is 0.254. The number of aliphatic imine (C=N–C) groups is 1. The summed E-state index contributed by atoms with van der Waals surface area (Å²) in [5.74, 6) is 2.21. The molecule has 2 aromatic rings. The fraction of sp³-hybridized carbons (Fsp3) is 0.389. The van der Waals surface area contributed by atoms with Gasteiger partial charge in [-0.3, -0.25) is 0 Å². The van der Waals surface area contributed by atoms with Gasteiger partial charge in [-0.05, 0) is 36.9 Å². The van der Waals surface area contributed by atoms with E-state index in [9.17, 15) is 0 Å². The highest BCUT2D eigenvalue weighted by atomic mass is 32.1. The summed E-state index contributed by atoms with van der Waals surface area (Å²) >= 11 is 1.75. The molecule has 0 spiro atoms. The van der Waals surface area contributed by atoms with Crippen molar-refractivity contribution in [2.45, 2.75) is 32.4 Å². The van der Waals surface area contributed by atoms with Crippen LogP contribution in [0.5, 0.6) is 11.5 Å². The quantitative estimate of drug-likeness (QED) is 0.624. The van der Waals surface area contributed by atoms with Crippen molar-refractivity contribution in [1.29, 1.82) is 0 Å². The van der Waals surface area contributed by atoms with E-state index in [0.29, 0.717) is 12.5 Å². The Morgan fingerprint density at radius 1 is 1.50 bits per heavy atom. The van der Waals surface area contributed by atoms with Gasteiger partial charge in [0.1, 0.15) is 17.6 Å². The maximum Gasteiger partial charge on any atom is 0.188 e. The van der Waals surface area contributed by atoms with Crippen molar-refractivity contribution in [1.82, 2.24) is 5.32 Å². The van der Waals surface area contributed by atoms with E-state index in [4.69, 9.17) is 15.2 Å². The first-order valence-corrected chi connectivity index (χ1v) is 8.96. The number of nitrogens with one attached hydrogen (secondary N) is 1. The van der Waals surface area contributed by atoms with Crippen molar-refractivity contribution in [3.8, 4) is 11.5 Å². The predicted molar refractivity (Wildman–Crippen MR) is 98.1 cm³/mol. The third-order valence-corrected chi connectivity index (χ3v) is 4.91. The molecule has 2 heterocycles. The van der Waals surface area contributed by atoms with E-state index in [0.717, 1.165) is 36.4 Å². The molecule has 1 aromatic carbocycles. The van der Waals surface area contributed by atoms with Crippen molar-refractivity contribution < 1.29 is 9.47 Å². The third kappa shape index (κ3) is 4.00. The van der Waals surface area contributed by atoms with E-state index in [2.05, 4.69) is 34.7 Å². The Morgan fingerprint density at radius 3 is 3.12 bits per heavy atom. The van der Waals surface area contributed by atoms with Gasteiger partial charge in [0.15, 0.2) is 5.96 Å². The Bertz CT molecular complexity index is 713. The minimum absolute atomic E-state index is 0.215. The number of nitrogens with two attached hydrogens (primary N) is 1. The molecule has 1 aliphatic rings. The molecule has 3 rings (SSSR count). The molecule has 1 unspecified atom stereocenters. The summed E-state index contributed by atoms with van der Waals surface area (Å²) in [5.41, 5.74) is 8.13. The number of ether oxygens (including phenoxy) is 2. The van der Waals surface area contributed by atoms with Crippen LogP contribution in [0.25, 0.3) is 0 Å². The number of rotatable bonds is 6. The topological polar surface area (TPSA) is 68.9 Å². The number of guanidine groups is 1. The fourth-order valence-corrected chi connectivity index (χ4v) is 3.50. The molecule has 1 aliphatic heterocycles. The Labute approximate surface area is 146 Å².